The molecule has 2 aromatic carbocycles. The molecule has 0 aromatic heterocycles. The lowest BCUT2D eigenvalue weighted by Crippen LogP contribution is -2.34. The molecule has 0 heterocycles. The Bertz CT molecular complexity index is 929. The van der Waals surface area contributed by atoms with Crippen LogP contribution in [-0.4, -0.2) is 5.78 Å². The summed E-state index contributed by atoms with van der Waals surface area (Å²) in [6.45, 7) is 10.3. The third-order valence-electron chi connectivity index (χ3n) is 4.97. The van der Waals surface area contributed by atoms with E-state index < -0.39 is 17.2 Å². The predicted octanol–water partition coefficient (Wildman–Crippen LogP) is 7.85. The fourth-order valence-corrected chi connectivity index (χ4v) is 3.56. The van der Waals surface area contributed by atoms with E-state index in [0.717, 1.165) is 23.3 Å². The molecule has 0 amide bonds. The third-order valence-corrected chi connectivity index (χ3v) is 5.21. The normalized spacial score (nSPS) is 12.7. The Balaban J connectivity index is 0.00000198. The van der Waals surface area contributed by atoms with Crippen molar-refractivity contribution in [3.8, 4) is 6.07 Å². The second-order valence-corrected chi connectivity index (χ2v) is 7.75. The van der Waals surface area contributed by atoms with E-state index in [-0.39, 0.29) is 19.1 Å². The number of rotatable bonds is 4. The maximum atomic E-state index is 13.0. The van der Waals surface area contributed by atoms with Crippen molar-refractivity contribution in [2.45, 2.75) is 66.5 Å². The Morgan fingerprint density at radius 3 is 2.03 bits per heavy atom. The van der Waals surface area contributed by atoms with Gasteiger partial charge in [-0.15, -0.1) is 0 Å². The van der Waals surface area contributed by atoms with Crippen molar-refractivity contribution >= 4 is 17.4 Å². The minimum absolute atomic E-state index is 0. The molecule has 2 nitrogen and oxygen atoms in total. The Labute approximate surface area is 182 Å². The number of hydrogen-bond donors (Lipinski definition) is 0. The van der Waals surface area contributed by atoms with Gasteiger partial charge in [0.2, 0.25) is 0 Å². The molecule has 6 heteroatoms. The molecule has 0 saturated heterocycles. The second-order valence-electron chi connectivity index (χ2n) is 7.32. The van der Waals surface area contributed by atoms with Crippen LogP contribution in [0.25, 0.3) is 0 Å². The number of alkyl halides is 3. The van der Waals surface area contributed by atoms with Gasteiger partial charge in [0.05, 0.1) is 17.0 Å². The number of Topliss-reactive ketones (excluding diaryl/α,β-unsaturated/α-hetero) is 1. The van der Waals surface area contributed by atoms with Crippen LogP contribution in [0.5, 0.6) is 0 Å². The first-order chi connectivity index (χ1) is 13.3. The molecule has 0 radical (unpaired) electrons. The predicted molar refractivity (Wildman–Crippen MR) is 117 cm³/mol. The highest BCUT2D eigenvalue weighted by atomic mass is 35.5. The smallest absolute Gasteiger partial charge is 0.299 e. The molecule has 0 spiro atoms. The summed E-state index contributed by atoms with van der Waals surface area (Å²) in [5.41, 5.74) is 0.856. The van der Waals surface area contributed by atoms with Crippen molar-refractivity contribution in [1.29, 1.82) is 5.26 Å². The fraction of sp³-hybridized carbons (Fsp3) is 0.417. The van der Waals surface area contributed by atoms with Crippen molar-refractivity contribution in [1.82, 2.24) is 0 Å². The molecule has 1 atom stereocenters. The zero-order valence-corrected chi connectivity index (χ0v) is 18.2. The molecule has 0 N–H and O–H groups in total. The Morgan fingerprint density at radius 2 is 1.63 bits per heavy atom. The first-order valence-electron chi connectivity index (χ1n) is 9.10. The van der Waals surface area contributed by atoms with Crippen LogP contribution in [-0.2, 0) is 16.4 Å². The molecular weight excluding hydrogens is 411 g/mol. The van der Waals surface area contributed by atoms with E-state index in [1.807, 2.05) is 19.9 Å². The highest BCUT2D eigenvalue weighted by molar-refractivity contribution is 6.30. The fourth-order valence-electron chi connectivity index (χ4n) is 3.39. The van der Waals surface area contributed by atoms with E-state index in [1.54, 1.807) is 32.0 Å². The van der Waals surface area contributed by atoms with Crippen LogP contribution in [0, 0.1) is 18.3 Å². The highest BCUT2D eigenvalue weighted by Crippen LogP contribution is 2.41. The molecule has 0 aliphatic rings. The van der Waals surface area contributed by atoms with E-state index in [1.165, 1.54) is 19.9 Å². The van der Waals surface area contributed by atoms with E-state index >= 15 is 0 Å². The summed E-state index contributed by atoms with van der Waals surface area (Å²) in [6, 6.07) is 10.7. The van der Waals surface area contributed by atoms with Gasteiger partial charge in [-0.3, -0.25) is 4.79 Å². The van der Waals surface area contributed by atoms with Gasteiger partial charge in [-0.25, -0.2) is 0 Å². The lowest BCUT2D eigenvalue weighted by atomic mass is 9.69. The topological polar surface area (TPSA) is 40.9 Å². The highest BCUT2D eigenvalue weighted by Gasteiger charge is 2.39. The maximum absolute atomic E-state index is 13.0. The molecule has 30 heavy (non-hydrogen) atoms. The molecule has 164 valence electrons. The van der Waals surface area contributed by atoms with Crippen molar-refractivity contribution < 1.29 is 18.0 Å². The summed E-state index contributed by atoms with van der Waals surface area (Å²) in [5.74, 6) is -0.0137. The molecule has 0 aliphatic heterocycles. The summed E-state index contributed by atoms with van der Waals surface area (Å²) in [7, 11) is 0. The second kappa shape index (κ2) is 10.6. The zero-order chi connectivity index (χ0) is 22.6. The van der Waals surface area contributed by atoms with E-state index in [0.29, 0.717) is 16.1 Å². The maximum Gasteiger partial charge on any atom is 0.416 e. The molecule has 2 aromatic rings. The van der Waals surface area contributed by atoms with Gasteiger partial charge in [-0.05, 0) is 73.2 Å². The van der Waals surface area contributed by atoms with Crippen molar-refractivity contribution in [3.05, 3.63) is 69.2 Å². The number of aryl methyl sites for hydroxylation is 1. The number of hydrogen-bond acceptors (Lipinski definition) is 2. The monoisotopic (exact) mass is 439 g/mol. The van der Waals surface area contributed by atoms with Gasteiger partial charge in [0.1, 0.15) is 5.78 Å². The number of nitriles is 1. The number of carbonyl (C=O) groups is 1. The average molecular weight is 440 g/mol. The van der Waals surface area contributed by atoms with Gasteiger partial charge in [0.25, 0.3) is 0 Å². The Morgan fingerprint density at radius 1 is 1.10 bits per heavy atom. The number of benzene rings is 2. The van der Waals surface area contributed by atoms with Crippen LogP contribution < -0.4 is 0 Å². The molecule has 0 saturated carbocycles. The van der Waals surface area contributed by atoms with E-state index in [4.69, 9.17) is 16.9 Å². The average Bonchev–Trinajstić information content (AvgIpc) is 2.60. The van der Waals surface area contributed by atoms with Gasteiger partial charge in [-0.2, -0.15) is 18.4 Å². The summed E-state index contributed by atoms with van der Waals surface area (Å²) >= 11 is 6.18. The SMILES string of the molecule is C.CC#N.CC(=O)[C@](C)(c1ccc(C(F)(F)F)cc1C)c1cc(Cl)ccc1C(C)C. The van der Waals surface area contributed by atoms with Crippen LogP contribution in [0.4, 0.5) is 13.2 Å². The van der Waals surface area contributed by atoms with Gasteiger partial charge in [-0.1, -0.05) is 45.0 Å². The van der Waals surface area contributed by atoms with Crippen LogP contribution >= 0.6 is 11.6 Å². The molecule has 0 unspecified atom stereocenters. The number of carbonyl (C=O) groups excluding carboxylic acids is 1. The van der Waals surface area contributed by atoms with Gasteiger partial charge >= 0.3 is 6.18 Å². The van der Waals surface area contributed by atoms with Crippen molar-refractivity contribution in [3.63, 3.8) is 0 Å². The lowest BCUT2D eigenvalue weighted by molar-refractivity contribution is -0.137. The molecular formula is C24H29ClF3NO. The summed E-state index contributed by atoms with van der Waals surface area (Å²) in [5, 5.41) is 7.81. The standard InChI is InChI=1S/C21H22ClF3O.C2H3N.CH4/c1-12(2)17-8-7-16(22)11-19(17)20(5,14(4)26)18-9-6-15(10-13(18)3)21(23,24)25;1-2-3;/h6-12H,1-5H3;1H3;1H4/t20-;;/m1../s1. The Hall–Kier alpha value is -2.32. The summed E-state index contributed by atoms with van der Waals surface area (Å²) < 4.78 is 39.0. The summed E-state index contributed by atoms with van der Waals surface area (Å²) in [6.07, 6.45) is -4.42. The van der Waals surface area contributed by atoms with Gasteiger partial charge in [0, 0.05) is 11.9 Å². The molecule has 0 aliphatic carbocycles. The largest absolute Gasteiger partial charge is 0.416 e. The van der Waals surface area contributed by atoms with Crippen molar-refractivity contribution in [2.75, 3.05) is 0 Å². The molecule has 0 fully saturated rings. The van der Waals surface area contributed by atoms with E-state index in [9.17, 15) is 18.0 Å². The number of halogens is 4. The first kappa shape index (κ1) is 27.7. The van der Waals surface area contributed by atoms with Crippen LogP contribution in [0.3, 0.4) is 0 Å². The zero-order valence-electron chi connectivity index (χ0n) is 17.4. The lowest BCUT2D eigenvalue weighted by Gasteiger charge is -2.33. The molecule has 0 bridgehead atoms. The van der Waals surface area contributed by atoms with Crippen LogP contribution in [0.2, 0.25) is 5.02 Å². The number of ketones is 1. The summed E-state index contributed by atoms with van der Waals surface area (Å²) in [4.78, 5) is 12.7. The van der Waals surface area contributed by atoms with Crippen LogP contribution in [0.15, 0.2) is 36.4 Å². The quantitative estimate of drug-likeness (QED) is 0.486. The third kappa shape index (κ3) is 5.86. The number of nitrogens with zero attached hydrogens (tertiary/aromatic N) is 1. The van der Waals surface area contributed by atoms with Gasteiger partial charge < -0.3 is 0 Å². The minimum Gasteiger partial charge on any atom is -0.299 e. The first-order valence-corrected chi connectivity index (χ1v) is 9.48. The van der Waals surface area contributed by atoms with Crippen molar-refractivity contribution in [2.24, 2.45) is 0 Å². The molecule has 2 rings (SSSR count). The van der Waals surface area contributed by atoms with E-state index in [2.05, 4.69) is 0 Å². The van der Waals surface area contributed by atoms with Crippen LogP contribution in [0.1, 0.15) is 75.8 Å². The minimum atomic E-state index is -4.42. The Kier molecular flexibility index (Phi) is 9.81. The van der Waals surface area contributed by atoms with Gasteiger partial charge in [0.15, 0.2) is 0 Å².